The van der Waals surface area contributed by atoms with Gasteiger partial charge in [0.15, 0.2) is 17.3 Å². The summed E-state index contributed by atoms with van der Waals surface area (Å²) in [6.45, 7) is 0.901. The molecule has 5 rings (SSSR count). The fraction of sp³-hybridized carbons (Fsp3) is 0.545. The van der Waals surface area contributed by atoms with Crippen molar-refractivity contribution in [2.45, 2.75) is 36.7 Å². The monoisotopic (exact) mass is 565 g/mol. The molecule has 0 bridgehead atoms. The molecule has 2 aliphatic heterocycles. The molecule has 17 heteroatoms. The fourth-order valence-electron chi connectivity index (χ4n) is 4.66. The molecule has 2 aliphatic rings. The first-order valence-corrected chi connectivity index (χ1v) is 13.7. The van der Waals surface area contributed by atoms with Gasteiger partial charge >= 0.3 is 0 Å². The van der Waals surface area contributed by atoms with Crippen LogP contribution >= 0.6 is 0 Å². The summed E-state index contributed by atoms with van der Waals surface area (Å²) in [5.41, 5.74) is 0.218. The van der Waals surface area contributed by atoms with E-state index in [4.69, 9.17) is 18.9 Å². The van der Waals surface area contributed by atoms with Gasteiger partial charge in [-0.1, -0.05) is 0 Å². The number of rotatable bonds is 9. The van der Waals surface area contributed by atoms with Gasteiger partial charge in [-0.3, -0.25) is 9.29 Å². The Morgan fingerprint density at radius 2 is 1.77 bits per heavy atom. The molecule has 0 unspecified atom stereocenters. The topological polar surface area (TPSA) is 169 Å². The zero-order valence-electron chi connectivity index (χ0n) is 21.5. The van der Waals surface area contributed by atoms with E-state index >= 15 is 0 Å². The van der Waals surface area contributed by atoms with Crippen LogP contribution in [-0.4, -0.2) is 95.5 Å². The van der Waals surface area contributed by atoms with E-state index in [0.29, 0.717) is 25.4 Å². The molecule has 0 radical (unpaired) electrons. The van der Waals surface area contributed by atoms with E-state index in [0.717, 1.165) is 18.8 Å². The molecular formula is C22H28FN9O6S. The number of nitrogens with zero attached hydrogens (tertiary/aromatic N) is 8. The molecule has 5 heterocycles. The van der Waals surface area contributed by atoms with Gasteiger partial charge in [-0.05, 0) is 19.3 Å². The summed E-state index contributed by atoms with van der Waals surface area (Å²) in [7, 11) is 0.241. The summed E-state index contributed by atoms with van der Waals surface area (Å²) in [4.78, 5) is 17.9. The first-order chi connectivity index (χ1) is 18.8. The van der Waals surface area contributed by atoms with Gasteiger partial charge in [0.1, 0.15) is 17.7 Å². The van der Waals surface area contributed by atoms with Crippen LogP contribution < -0.4 is 19.1 Å². The van der Waals surface area contributed by atoms with Crippen molar-refractivity contribution in [3.63, 3.8) is 0 Å². The Bertz CT molecular complexity index is 1380. The largest absolute Gasteiger partial charge is 0.479 e. The Morgan fingerprint density at radius 3 is 2.38 bits per heavy atom. The van der Waals surface area contributed by atoms with Crippen LogP contribution in [0.2, 0.25) is 0 Å². The second-order valence-corrected chi connectivity index (χ2v) is 10.9. The average molecular weight is 566 g/mol. The van der Waals surface area contributed by atoms with E-state index in [9.17, 15) is 12.8 Å². The normalized spacial score (nSPS) is 21.6. The fourth-order valence-corrected chi connectivity index (χ4v) is 6.05. The van der Waals surface area contributed by atoms with Crippen LogP contribution in [0.1, 0.15) is 31.2 Å². The van der Waals surface area contributed by atoms with E-state index in [1.54, 1.807) is 4.90 Å². The number of piperidine rings is 1. The lowest BCUT2D eigenvalue weighted by molar-refractivity contribution is 0.0898. The van der Waals surface area contributed by atoms with Crippen LogP contribution in [0, 0.1) is 5.82 Å². The van der Waals surface area contributed by atoms with E-state index in [1.807, 2.05) is 0 Å². The number of halogens is 1. The van der Waals surface area contributed by atoms with Crippen molar-refractivity contribution < 1.29 is 31.8 Å². The predicted octanol–water partition coefficient (Wildman–Crippen LogP) is 0.891. The molecular weight excluding hydrogens is 537 g/mol. The highest BCUT2D eigenvalue weighted by Gasteiger charge is 2.39. The summed E-state index contributed by atoms with van der Waals surface area (Å²) < 4.78 is 67.2. The Kier molecular flexibility index (Phi) is 7.72. The Balaban J connectivity index is 1.52. The molecule has 0 aliphatic carbocycles. The molecule has 210 valence electrons. The van der Waals surface area contributed by atoms with Crippen LogP contribution in [0.15, 0.2) is 18.7 Å². The molecule has 15 nitrogen and oxygen atoms in total. The number of ether oxygens (including phenoxy) is 4. The first-order valence-electron chi connectivity index (χ1n) is 12.1. The summed E-state index contributed by atoms with van der Waals surface area (Å²) in [6.07, 6.45) is 4.09. The SMILES string of the molecule is COc1ncnc(OC)c1-n1c(NS(=O)(=O)[C@@H]2C[C@H](OC)CN(c3ncc(F)cn3)C2)nnc1[C@H]1CCCO1. The number of anilines is 2. The van der Waals surface area contributed by atoms with E-state index in [-0.39, 0.29) is 42.3 Å². The van der Waals surface area contributed by atoms with Crippen LogP contribution in [0.25, 0.3) is 5.69 Å². The standard InChI is InChI=1S/C22H28FN9O6S/c1-35-14-7-15(11-31(10-14)21-24-8-13(23)9-25-21)39(33,34)30-22-29-28-18(16-5-4-6-38-16)32(22)17-19(36-2)26-12-27-20(17)37-3/h8-9,12,14-16H,4-7,10-11H2,1-3H3,(H,29,30)/t14-,15+,16+/m0/s1. The maximum absolute atomic E-state index is 13.8. The van der Waals surface area contributed by atoms with Crippen molar-refractivity contribution in [1.29, 1.82) is 0 Å². The Morgan fingerprint density at radius 1 is 1.05 bits per heavy atom. The zero-order valence-corrected chi connectivity index (χ0v) is 22.3. The molecule has 2 fully saturated rings. The lowest BCUT2D eigenvalue weighted by atomic mass is 10.1. The molecule has 0 saturated carbocycles. The molecule has 3 atom stereocenters. The summed E-state index contributed by atoms with van der Waals surface area (Å²) in [5, 5.41) is 7.46. The number of aromatic nitrogens is 7. The van der Waals surface area contributed by atoms with Gasteiger partial charge < -0.3 is 23.8 Å². The van der Waals surface area contributed by atoms with Gasteiger partial charge in [-0.25, -0.2) is 22.8 Å². The first kappa shape index (κ1) is 26.9. The minimum absolute atomic E-state index is 0.0364. The molecule has 3 aromatic rings. The van der Waals surface area contributed by atoms with Gasteiger partial charge in [0.2, 0.25) is 33.7 Å². The second kappa shape index (κ2) is 11.2. The van der Waals surface area contributed by atoms with Crippen molar-refractivity contribution in [3.05, 3.63) is 30.4 Å². The van der Waals surface area contributed by atoms with E-state index < -0.39 is 33.3 Å². The zero-order chi connectivity index (χ0) is 27.6. The average Bonchev–Trinajstić information content (AvgIpc) is 3.62. The minimum atomic E-state index is -4.10. The van der Waals surface area contributed by atoms with E-state index in [2.05, 4.69) is 34.9 Å². The van der Waals surface area contributed by atoms with Crippen molar-refractivity contribution in [1.82, 2.24) is 34.7 Å². The minimum Gasteiger partial charge on any atom is -0.479 e. The second-order valence-electron chi connectivity index (χ2n) is 8.93. The third-order valence-corrected chi connectivity index (χ3v) is 8.23. The van der Waals surface area contributed by atoms with Crippen LogP contribution in [-0.2, 0) is 19.5 Å². The third-order valence-electron chi connectivity index (χ3n) is 6.54. The highest BCUT2D eigenvalue weighted by molar-refractivity contribution is 7.93. The van der Waals surface area contributed by atoms with Crippen molar-refractivity contribution in [2.75, 3.05) is 50.6 Å². The Hall–Kier alpha value is -3.70. The van der Waals surface area contributed by atoms with Gasteiger partial charge in [0, 0.05) is 26.8 Å². The molecule has 39 heavy (non-hydrogen) atoms. The quantitative estimate of drug-likeness (QED) is 0.389. The van der Waals surface area contributed by atoms with Gasteiger partial charge in [0.05, 0.1) is 32.7 Å². The van der Waals surface area contributed by atoms with Crippen molar-refractivity contribution in [2.24, 2.45) is 0 Å². The number of nitrogens with one attached hydrogen (secondary N) is 1. The van der Waals surface area contributed by atoms with Gasteiger partial charge in [-0.2, -0.15) is 9.97 Å². The maximum atomic E-state index is 13.8. The summed E-state index contributed by atoms with van der Waals surface area (Å²) in [6, 6.07) is 0. The van der Waals surface area contributed by atoms with Crippen molar-refractivity contribution in [3.8, 4) is 17.4 Å². The number of hydrogen-bond acceptors (Lipinski definition) is 13. The maximum Gasteiger partial charge on any atom is 0.245 e. The number of hydrogen-bond donors (Lipinski definition) is 1. The number of methoxy groups -OCH3 is 3. The molecule has 0 aromatic carbocycles. The van der Waals surface area contributed by atoms with Gasteiger partial charge in [0.25, 0.3) is 0 Å². The van der Waals surface area contributed by atoms with Crippen LogP contribution in [0.4, 0.5) is 16.3 Å². The number of sulfonamides is 1. The molecule has 0 spiro atoms. The molecule has 3 aromatic heterocycles. The molecule has 2 saturated heterocycles. The molecule has 0 amide bonds. The summed E-state index contributed by atoms with van der Waals surface area (Å²) in [5.74, 6) is 0.0728. The summed E-state index contributed by atoms with van der Waals surface area (Å²) >= 11 is 0. The van der Waals surface area contributed by atoms with Gasteiger partial charge in [-0.15, -0.1) is 10.2 Å². The predicted molar refractivity (Wildman–Crippen MR) is 134 cm³/mol. The Labute approximate surface area is 223 Å². The lowest BCUT2D eigenvalue weighted by Crippen LogP contribution is -2.51. The highest BCUT2D eigenvalue weighted by Crippen LogP contribution is 2.37. The van der Waals surface area contributed by atoms with E-state index in [1.165, 1.54) is 32.2 Å². The molecule has 1 N–H and O–H groups in total. The third kappa shape index (κ3) is 5.41. The smallest absolute Gasteiger partial charge is 0.245 e. The van der Waals surface area contributed by atoms with Crippen molar-refractivity contribution >= 4 is 21.9 Å². The highest BCUT2D eigenvalue weighted by atomic mass is 32.2. The lowest BCUT2D eigenvalue weighted by Gasteiger charge is -2.36. The van der Waals surface area contributed by atoms with Crippen LogP contribution in [0.3, 0.4) is 0 Å². The van der Waals surface area contributed by atoms with Crippen LogP contribution in [0.5, 0.6) is 11.8 Å².